The highest BCUT2D eigenvalue weighted by Gasteiger charge is 2.04. The number of guanidine groups is 1. The van der Waals surface area contributed by atoms with E-state index in [4.69, 9.17) is 10.5 Å². The molecule has 0 fully saturated rings. The summed E-state index contributed by atoms with van der Waals surface area (Å²) in [7, 11) is 3.41. The molecule has 7 heteroatoms. The zero-order chi connectivity index (χ0) is 18.9. The summed E-state index contributed by atoms with van der Waals surface area (Å²) >= 11 is 0. The molecule has 0 bridgehead atoms. The molecule has 0 radical (unpaired) electrons. The van der Waals surface area contributed by atoms with E-state index in [1.807, 2.05) is 19.1 Å². The number of amides is 1. The van der Waals surface area contributed by atoms with Gasteiger partial charge < -0.3 is 21.1 Å². The summed E-state index contributed by atoms with van der Waals surface area (Å²) in [5.41, 5.74) is 9.10. The molecule has 146 valence electrons. The lowest BCUT2D eigenvalue weighted by Crippen LogP contribution is -2.37. The van der Waals surface area contributed by atoms with Gasteiger partial charge in [0.1, 0.15) is 5.75 Å². The summed E-state index contributed by atoms with van der Waals surface area (Å²) < 4.78 is 5.36. The van der Waals surface area contributed by atoms with Gasteiger partial charge >= 0.3 is 0 Å². The highest BCUT2D eigenvalue weighted by Crippen LogP contribution is 2.18. The summed E-state index contributed by atoms with van der Waals surface area (Å²) in [6, 6.07) is 13.5. The predicted molar refractivity (Wildman–Crippen MR) is 120 cm³/mol. The fraction of sp³-hybridized carbons (Fsp3) is 0.300. The number of nitrogens with zero attached hydrogens (tertiary/aromatic N) is 1. The number of aliphatic imine (C=N–C) groups is 1. The second kappa shape index (κ2) is 11.4. The minimum Gasteiger partial charge on any atom is -0.496 e. The second-order valence-electron chi connectivity index (χ2n) is 5.97. The SMILES string of the molecule is CN=C(NCCc1ccc(C)c(OC)c1)NCc1cccc(C(N)=O)c1.I. The van der Waals surface area contributed by atoms with Crippen LogP contribution in [0.2, 0.25) is 0 Å². The summed E-state index contributed by atoms with van der Waals surface area (Å²) in [6.07, 6.45) is 0.856. The normalized spacial score (nSPS) is 10.7. The molecule has 0 saturated carbocycles. The average Bonchev–Trinajstić information content (AvgIpc) is 2.65. The molecule has 2 aromatic carbocycles. The molecule has 0 aliphatic rings. The molecule has 0 aliphatic carbocycles. The first-order valence-corrected chi connectivity index (χ1v) is 8.50. The Morgan fingerprint density at radius 2 is 1.93 bits per heavy atom. The standard InChI is InChI=1S/C20H26N4O2.HI/c1-14-7-8-15(12-18(14)26-3)9-10-23-20(22-2)24-13-16-5-4-6-17(11-16)19(21)25;/h4-8,11-12H,9-10,13H2,1-3H3,(H2,21,25)(H2,22,23,24);1H. The molecule has 4 N–H and O–H groups in total. The first kappa shape index (κ1) is 22.8. The van der Waals surface area contributed by atoms with Gasteiger partial charge in [0.2, 0.25) is 5.91 Å². The Hall–Kier alpha value is -2.29. The van der Waals surface area contributed by atoms with E-state index in [9.17, 15) is 4.79 Å². The molecule has 0 heterocycles. The number of hydrogen-bond donors (Lipinski definition) is 3. The minimum absolute atomic E-state index is 0. The molecular weight excluding hydrogens is 455 g/mol. The molecule has 0 aromatic heterocycles. The summed E-state index contributed by atoms with van der Waals surface area (Å²) in [5.74, 6) is 1.18. The lowest BCUT2D eigenvalue weighted by atomic mass is 10.1. The lowest BCUT2D eigenvalue weighted by molar-refractivity contribution is 0.1000. The fourth-order valence-electron chi connectivity index (χ4n) is 2.59. The van der Waals surface area contributed by atoms with Gasteiger partial charge in [-0.25, -0.2) is 0 Å². The van der Waals surface area contributed by atoms with Gasteiger partial charge in [-0.05, 0) is 48.2 Å². The zero-order valence-corrected chi connectivity index (χ0v) is 18.2. The number of nitrogens with two attached hydrogens (primary N) is 1. The predicted octanol–water partition coefficient (Wildman–Crippen LogP) is 2.63. The summed E-state index contributed by atoms with van der Waals surface area (Å²) in [6.45, 7) is 3.33. The highest BCUT2D eigenvalue weighted by molar-refractivity contribution is 14.0. The molecule has 0 aliphatic heterocycles. The fourth-order valence-corrected chi connectivity index (χ4v) is 2.59. The van der Waals surface area contributed by atoms with E-state index in [1.165, 1.54) is 5.56 Å². The number of carbonyl (C=O) groups excluding carboxylic acids is 1. The van der Waals surface area contributed by atoms with Crippen LogP contribution < -0.4 is 21.1 Å². The van der Waals surface area contributed by atoms with Crippen LogP contribution in [0, 0.1) is 6.92 Å². The highest BCUT2D eigenvalue weighted by atomic mass is 127. The summed E-state index contributed by atoms with van der Waals surface area (Å²) in [5, 5.41) is 6.52. The molecule has 2 aromatic rings. The number of nitrogens with one attached hydrogen (secondary N) is 2. The minimum atomic E-state index is -0.428. The number of rotatable bonds is 7. The van der Waals surface area contributed by atoms with Crippen molar-refractivity contribution < 1.29 is 9.53 Å². The Kier molecular flexibility index (Phi) is 9.63. The van der Waals surface area contributed by atoms with Crippen molar-refractivity contribution in [2.75, 3.05) is 20.7 Å². The molecule has 0 atom stereocenters. The number of hydrogen-bond acceptors (Lipinski definition) is 3. The maximum Gasteiger partial charge on any atom is 0.248 e. The smallest absolute Gasteiger partial charge is 0.248 e. The van der Waals surface area contributed by atoms with E-state index in [1.54, 1.807) is 26.3 Å². The van der Waals surface area contributed by atoms with Crippen molar-refractivity contribution in [1.82, 2.24) is 10.6 Å². The summed E-state index contributed by atoms with van der Waals surface area (Å²) in [4.78, 5) is 15.5. The van der Waals surface area contributed by atoms with E-state index >= 15 is 0 Å². The molecule has 0 spiro atoms. The van der Waals surface area contributed by atoms with Crippen LogP contribution in [0.5, 0.6) is 5.75 Å². The van der Waals surface area contributed by atoms with Crippen molar-refractivity contribution in [2.24, 2.45) is 10.7 Å². The van der Waals surface area contributed by atoms with Gasteiger partial charge in [-0.1, -0.05) is 24.3 Å². The van der Waals surface area contributed by atoms with Crippen LogP contribution in [0.1, 0.15) is 27.0 Å². The number of aryl methyl sites for hydroxylation is 1. The van der Waals surface area contributed by atoms with Crippen LogP contribution in [0.3, 0.4) is 0 Å². The molecule has 0 unspecified atom stereocenters. The lowest BCUT2D eigenvalue weighted by Gasteiger charge is -2.13. The number of primary amides is 1. The third-order valence-corrected chi connectivity index (χ3v) is 4.07. The van der Waals surface area contributed by atoms with Crippen LogP contribution in [0.4, 0.5) is 0 Å². The maximum absolute atomic E-state index is 11.2. The molecule has 0 saturated heterocycles. The topological polar surface area (TPSA) is 88.7 Å². The van der Waals surface area contributed by atoms with Crippen molar-refractivity contribution in [3.63, 3.8) is 0 Å². The van der Waals surface area contributed by atoms with E-state index in [0.29, 0.717) is 18.1 Å². The first-order valence-electron chi connectivity index (χ1n) is 8.50. The van der Waals surface area contributed by atoms with Gasteiger partial charge in [-0.15, -0.1) is 24.0 Å². The van der Waals surface area contributed by atoms with E-state index in [-0.39, 0.29) is 24.0 Å². The van der Waals surface area contributed by atoms with Crippen LogP contribution >= 0.6 is 24.0 Å². The van der Waals surface area contributed by atoms with Gasteiger partial charge in [0.25, 0.3) is 0 Å². The number of benzene rings is 2. The Morgan fingerprint density at radius 1 is 1.15 bits per heavy atom. The van der Waals surface area contributed by atoms with Crippen LogP contribution in [0.15, 0.2) is 47.5 Å². The molecule has 6 nitrogen and oxygen atoms in total. The third-order valence-electron chi connectivity index (χ3n) is 4.07. The first-order chi connectivity index (χ1) is 12.5. The van der Waals surface area contributed by atoms with Crippen molar-refractivity contribution in [3.05, 3.63) is 64.7 Å². The Balaban J connectivity index is 0.00000364. The Morgan fingerprint density at radius 3 is 2.59 bits per heavy atom. The molecule has 27 heavy (non-hydrogen) atoms. The van der Waals surface area contributed by atoms with E-state index in [0.717, 1.165) is 29.8 Å². The van der Waals surface area contributed by atoms with Gasteiger partial charge in [-0.3, -0.25) is 9.79 Å². The zero-order valence-electron chi connectivity index (χ0n) is 15.9. The average molecular weight is 482 g/mol. The largest absolute Gasteiger partial charge is 0.496 e. The van der Waals surface area contributed by atoms with Crippen molar-refractivity contribution >= 4 is 35.8 Å². The van der Waals surface area contributed by atoms with Crippen LogP contribution in [0.25, 0.3) is 0 Å². The molecular formula is C20H27IN4O2. The number of halogens is 1. The molecule has 1 amide bonds. The monoisotopic (exact) mass is 482 g/mol. The Labute approximate surface area is 177 Å². The van der Waals surface area contributed by atoms with Gasteiger partial charge in [-0.2, -0.15) is 0 Å². The molecule has 2 rings (SSSR count). The maximum atomic E-state index is 11.2. The second-order valence-corrected chi connectivity index (χ2v) is 5.97. The third kappa shape index (κ3) is 7.09. The van der Waals surface area contributed by atoms with Crippen LogP contribution in [-0.2, 0) is 13.0 Å². The Bertz CT molecular complexity index is 793. The number of ether oxygens (including phenoxy) is 1. The van der Waals surface area contributed by atoms with Crippen molar-refractivity contribution in [1.29, 1.82) is 0 Å². The number of carbonyl (C=O) groups is 1. The number of methoxy groups -OCH3 is 1. The quantitative estimate of drug-likeness (QED) is 0.322. The van der Waals surface area contributed by atoms with Crippen molar-refractivity contribution in [3.8, 4) is 5.75 Å². The van der Waals surface area contributed by atoms with E-state index < -0.39 is 5.91 Å². The van der Waals surface area contributed by atoms with Gasteiger partial charge in [0, 0.05) is 25.7 Å². The van der Waals surface area contributed by atoms with Gasteiger partial charge in [0.05, 0.1) is 7.11 Å². The van der Waals surface area contributed by atoms with E-state index in [2.05, 4.69) is 33.8 Å². The van der Waals surface area contributed by atoms with Crippen LogP contribution in [-0.4, -0.2) is 32.6 Å². The van der Waals surface area contributed by atoms with Gasteiger partial charge in [0.15, 0.2) is 5.96 Å². The van der Waals surface area contributed by atoms with Crippen molar-refractivity contribution in [2.45, 2.75) is 19.9 Å².